The van der Waals surface area contributed by atoms with Crippen LogP contribution in [0.15, 0.2) is 24.3 Å². The summed E-state index contributed by atoms with van der Waals surface area (Å²) >= 11 is 0. The van der Waals surface area contributed by atoms with Crippen LogP contribution in [0.25, 0.3) is 0 Å². The Morgan fingerprint density at radius 2 is 2.06 bits per heavy atom. The van der Waals surface area contributed by atoms with E-state index in [-0.39, 0.29) is 6.04 Å². The fraction of sp³-hybridized carbons (Fsp3) is 0.462. The Morgan fingerprint density at radius 1 is 1.44 bits per heavy atom. The smallest absolute Gasteiger partial charge is 0.328 e. The molecule has 0 heterocycles. The first-order chi connectivity index (χ1) is 7.36. The molecule has 3 nitrogen and oxygen atoms in total. The molecule has 1 aromatic carbocycles. The normalized spacial score (nSPS) is 14.8. The third-order valence-electron chi connectivity index (χ3n) is 2.60. The van der Waals surface area contributed by atoms with Crippen molar-refractivity contribution in [2.24, 2.45) is 0 Å². The summed E-state index contributed by atoms with van der Waals surface area (Å²) in [6.07, 6.45) is 0. The maximum atomic E-state index is 11.4. The maximum absolute atomic E-state index is 11.4. The highest BCUT2D eigenvalue weighted by Gasteiger charge is 2.35. The average Bonchev–Trinajstić information content (AvgIpc) is 2.16. The van der Waals surface area contributed by atoms with Crippen molar-refractivity contribution < 1.29 is 9.90 Å². The number of carboxylic acid groups (broad SMARTS) is 1. The van der Waals surface area contributed by atoms with Crippen LogP contribution in [0.2, 0.25) is 0 Å². The Bertz CT molecular complexity index is 387. The van der Waals surface area contributed by atoms with E-state index in [4.69, 9.17) is 0 Å². The molecule has 0 aliphatic rings. The number of hydrogen-bond acceptors (Lipinski definition) is 2. The summed E-state index contributed by atoms with van der Waals surface area (Å²) < 4.78 is 0. The largest absolute Gasteiger partial charge is 0.480 e. The van der Waals surface area contributed by atoms with Gasteiger partial charge in [0.15, 0.2) is 0 Å². The summed E-state index contributed by atoms with van der Waals surface area (Å²) in [7, 11) is 0. The number of aliphatic carboxylic acids is 1. The van der Waals surface area contributed by atoms with Gasteiger partial charge in [-0.15, -0.1) is 0 Å². The highest BCUT2D eigenvalue weighted by Crippen LogP contribution is 2.22. The Kier molecular flexibility index (Phi) is 3.70. The second-order valence-corrected chi connectivity index (χ2v) is 4.60. The first-order valence-electron chi connectivity index (χ1n) is 5.44. The van der Waals surface area contributed by atoms with Crippen molar-refractivity contribution in [3.05, 3.63) is 35.4 Å². The molecule has 0 aliphatic carbocycles. The highest BCUT2D eigenvalue weighted by molar-refractivity contribution is 5.80. The van der Waals surface area contributed by atoms with Crippen molar-refractivity contribution in [3.8, 4) is 0 Å². The Labute approximate surface area is 96.5 Å². The monoisotopic (exact) mass is 221 g/mol. The zero-order valence-corrected chi connectivity index (χ0v) is 10.2. The molecule has 88 valence electrons. The maximum Gasteiger partial charge on any atom is 0.328 e. The van der Waals surface area contributed by atoms with Gasteiger partial charge in [0.05, 0.1) is 0 Å². The molecule has 3 heteroatoms. The van der Waals surface area contributed by atoms with Crippen LogP contribution in [0, 0.1) is 6.92 Å². The van der Waals surface area contributed by atoms with Crippen LogP contribution in [0.1, 0.15) is 31.9 Å². The van der Waals surface area contributed by atoms with E-state index in [0.29, 0.717) is 0 Å². The number of carbonyl (C=O) groups is 1. The van der Waals surface area contributed by atoms with Crippen LogP contribution in [0.3, 0.4) is 0 Å². The third-order valence-corrected chi connectivity index (χ3v) is 2.60. The molecule has 2 N–H and O–H groups in total. The van der Waals surface area contributed by atoms with Crippen LogP contribution in [-0.2, 0) is 10.3 Å². The molecule has 0 spiro atoms. The summed E-state index contributed by atoms with van der Waals surface area (Å²) in [5.74, 6) is -0.855. The molecular weight excluding hydrogens is 202 g/mol. The summed E-state index contributed by atoms with van der Waals surface area (Å²) in [5.41, 5.74) is 0.824. The first-order valence-corrected chi connectivity index (χ1v) is 5.44. The molecule has 0 amide bonds. The number of aryl methyl sites for hydroxylation is 1. The van der Waals surface area contributed by atoms with E-state index in [0.717, 1.165) is 11.1 Å². The number of carboxylic acids is 1. The molecule has 1 atom stereocenters. The van der Waals surface area contributed by atoms with Crippen LogP contribution in [-0.4, -0.2) is 17.1 Å². The molecule has 0 aromatic heterocycles. The van der Waals surface area contributed by atoms with Crippen molar-refractivity contribution in [2.75, 3.05) is 0 Å². The fourth-order valence-electron chi connectivity index (χ4n) is 1.80. The minimum absolute atomic E-state index is 0.113. The quantitative estimate of drug-likeness (QED) is 0.820. The summed E-state index contributed by atoms with van der Waals surface area (Å²) in [5, 5.41) is 12.5. The molecule has 1 rings (SSSR count). The van der Waals surface area contributed by atoms with E-state index >= 15 is 0 Å². The topological polar surface area (TPSA) is 49.3 Å². The van der Waals surface area contributed by atoms with Crippen LogP contribution in [0.5, 0.6) is 0 Å². The second-order valence-electron chi connectivity index (χ2n) is 4.60. The second kappa shape index (κ2) is 4.66. The van der Waals surface area contributed by atoms with E-state index in [2.05, 4.69) is 5.32 Å². The zero-order valence-electron chi connectivity index (χ0n) is 10.2. The summed E-state index contributed by atoms with van der Waals surface area (Å²) in [6, 6.07) is 7.70. The molecule has 16 heavy (non-hydrogen) atoms. The first kappa shape index (κ1) is 12.7. The van der Waals surface area contributed by atoms with Gasteiger partial charge in [0.2, 0.25) is 0 Å². The van der Waals surface area contributed by atoms with Crippen molar-refractivity contribution in [1.82, 2.24) is 5.32 Å². The van der Waals surface area contributed by atoms with Gasteiger partial charge in [0.1, 0.15) is 5.54 Å². The standard InChI is InChI=1S/C13H19NO2/c1-9(2)14-13(4,12(15)16)11-7-5-6-10(3)8-11/h5-9,14H,1-4H3,(H,15,16). The Morgan fingerprint density at radius 3 is 2.50 bits per heavy atom. The molecule has 0 bridgehead atoms. The molecular formula is C13H19NO2. The van der Waals surface area contributed by atoms with Crippen LogP contribution in [0.4, 0.5) is 0 Å². The lowest BCUT2D eigenvalue weighted by atomic mass is 9.90. The number of nitrogens with one attached hydrogen (secondary N) is 1. The van der Waals surface area contributed by atoms with Crippen molar-refractivity contribution >= 4 is 5.97 Å². The number of hydrogen-bond donors (Lipinski definition) is 2. The molecule has 0 saturated heterocycles. The molecule has 1 aromatic rings. The van der Waals surface area contributed by atoms with Crippen molar-refractivity contribution in [3.63, 3.8) is 0 Å². The van der Waals surface area contributed by atoms with Gasteiger partial charge in [0, 0.05) is 6.04 Å². The van der Waals surface area contributed by atoms with Crippen molar-refractivity contribution in [1.29, 1.82) is 0 Å². The zero-order chi connectivity index (χ0) is 12.3. The van der Waals surface area contributed by atoms with Crippen molar-refractivity contribution in [2.45, 2.75) is 39.3 Å². The lowest BCUT2D eigenvalue weighted by Gasteiger charge is -2.29. The summed E-state index contributed by atoms with van der Waals surface area (Å²) in [6.45, 7) is 7.54. The van der Waals surface area contributed by atoms with Gasteiger partial charge >= 0.3 is 5.97 Å². The lowest BCUT2D eigenvalue weighted by Crippen LogP contribution is -2.49. The van der Waals surface area contributed by atoms with Crippen LogP contribution < -0.4 is 5.32 Å². The highest BCUT2D eigenvalue weighted by atomic mass is 16.4. The Hall–Kier alpha value is -1.35. The average molecular weight is 221 g/mol. The summed E-state index contributed by atoms with van der Waals surface area (Å²) in [4.78, 5) is 11.4. The predicted molar refractivity (Wildman–Crippen MR) is 64.4 cm³/mol. The van der Waals surface area contributed by atoms with E-state index < -0.39 is 11.5 Å². The van der Waals surface area contributed by atoms with Gasteiger partial charge in [-0.3, -0.25) is 5.32 Å². The van der Waals surface area contributed by atoms with Gasteiger partial charge in [-0.2, -0.15) is 0 Å². The van der Waals surface area contributed by atoms with E-state index in [9.17, 15) is 9.90 Å². The predicted octanol–water partition coefficient (Wildman–Crippen LogP) is 2.29. The number of benzene rings is 1. The minimum Gasteiger partial charge on any atom is -0.480 e. The third kappa shape index (κ3) is 2.61. The van der Waals surface area contributed by atoms with Gasteiger partial charge in [-0.1, -0.05) is 29.8 Å². The fourth-order valence-corrected chi connectivity index (χ4v) is 1.80. The Balaban J connectivity index is 3.16. The van der Waals surface area contributed by atoms with Crippen LogP contribution >= 0.6 is 0 Å². The minimum atomic E-state index is -1.03. The SMILES string of the molecule is Cc1cccc(C(C)(NC(C)C)C(=O)O)c1. The molecule has 0 fully saturated rings. The van der Waals surface area contributed by atoms with Gasteiger partial charge in [0.25, 0.3) is 0 Å². The number of rotatable bonds is 4. The molecule has 0 saturated carbocycles. The van der Waals surface area contributed by atoms with Gasteiger partial charge in [-0.25, -0.2) is 4.79 Å². The van der Waals surface area contributed by atoms with E-state index in [1.165, 1.54) is 0 Å². The van der Waals surface area contributed by atoms with E-state index in [1.54, 1.807) is 6.92 Å². The van der Waals surface area contributed by atoms with Gasteiger partial charge < -0.3 is 5.11 Å². The molecule has 1 unspecified atom stereocenters. The molecule has 0 radical (unpaired) electrons. The van der Waals surface area contributed by atoms with Gasteiger partial charge in [-0.05, 0) is 33.3 Å². The molecule has 0 aliphatic heterocycles. The van der Waals surface area contributed by atoms with E-state index in [1.807, 2.05) is 45.0 Å². The lowest BCUT2D eigenvalue weighted by molar-refractivity contribution is -0.144.